The molecule has 4 aromatic rings. The first-order valence-electron chi connectivity index (χ1n) is 9.88. The number of methoxy groups -OCH3 is 3. The quantitative estimate of drug-likeness (QED) is 0.268. The van der Waals surface area contributed by atoms with Crippen molar-refractivity contribution in [2.24, 2.45) is 0 Å². The van der Waals surface area contributed by atoms with Gasteiger partial charge < -0.3 is 14.2 Å². The van der Waals surface area contributed by atoms with Crippen molar-refractivity contribution in [2.75, 3.05) is 21.3 Å². The maximum atomic E-state index is 13.8. The van der Waals surface area contributed by atoms with Gasteiger partial charge in [0.1, 0.15) is 0 Å². The Morgan fingerprint density at radius 3 is 2.12 bits per heavy atom. The van der Waals surface area contributed by atoms with E-state index >= 15 is 0 Å². The van der Waals surface area contributed by atoms with Crippen LogP contribution in [0, 0.1) is 0 Å². The van der Waals surface area contributed by atoms with Crippen molar-refractivity contribution in [3.63, 3.8) is 0 Å². The molecule has 0 aliphatic carbocycles. The molecule has 0 N–H and O–H groups in total. The van der Waals surface area contributed by atoms with Gasteiger partial charge in [-0.1, -0.05) is 64.1 Å². The highest BCUT2D eigenvalue weighted by Gasteiger charge is 2.24. The van der Waals surface area contributed by atoms with E-state index in [-0.39, 0.29) is 5.91 Å². The summed E-state index contributed by atoms with van der Waals surface area (Å²) in [6, 6.07) is 21.4. The number of aromatic nitrogens is 1. The van der Waals surface area contributed by atoms with E-state index in [9.17, 15) is 4.79 Å². The fourth-order valence-corrected chi connectivity index (χ4v) is 5.48. The monoisotopic (exact) mass is 511 g/mol. The number of benzene rings is 3. The molecule has 1 aromatic heterocycles. The predicted molar refractivity (Wildman–Crippen MR) is 131 cm³/mol. The molecule has 4 rings (SSSR count). The average molecular weight is 512 g/mol. The molecular formula is C25H22BrNO4S. The molecule has 0 aliphatic rings. The topological polar surface area (TPSA) is 49.7 Å². The third kappa shape index (κ3) is 3.98. The lowest BCUT2D eigenvalue weighted by Gasteiger charge is -2.15. The number of halogens is 1. The fourth-order valence-electron chi connectivity index (χ4n) is 3.67. The van der Waals surface area contributed by atoms with Crippen molar-refractivity contribution in [1.29, 1.82) is 0 Å². The van der Waals surface area contributed by atoms with Crippen molar-refractivity contribution in [3.8, 4) is 17.2 Å². The number of rotatable bonds is 7. The molecule has 1 heterocycles. The van der Waals surface area contributed by atoms with E-state index in [1.165, 1.54) is 21.3 Å². The van der Waals surface area contributed by atoms with E-state index in [0.29, 0.717) is 28.1 Å². The van der Waals surface area contributed by atoms with E-state index in [0.717, 1.165) is 26.4 Å². The van der Waals surface area contributed by atoms with Crippen LogP contribution in [-0.2, 0) is 5.33 Å². The SMILES string of the molecule is COc1cc(C(=O)n2c(CBr)c(Sc3ccccc3)c3ccccc32)cc(OC)c1OC. The van der Waals surface area contributed by atoms with Crippen molar-refractivity contribution in [3.05, 3.63) is 78.0 Å². The molecule has 0 amide bonds. The summed E-state index contributed by atoms with van der Waals surface area (Å²) in [6.45, 7) is 0. The van der Waals surface area contributed by atoms with Gasteiger partial charge in [-0.25, -0.2) is 0 Å². The first-order chi connectivity index (χ1) is 15.6. The van der Waals surface area contributed by atoms with Gasteiger partial charge in [0, 0.05) is 26.1 Å². The van der Waals surface area contributed by atoms with Gasteiger partial charge in [0.25, 0.3) is 5.91 Å². The minimum atomic E-state index is -0.171. The zero-order chi connectivity index (χ0) is 22.7. The van der Waals surface area contributed by atoms with Gasteiger partial charge >= 0.3 is 0 Å². The Morgan fingerprint density at radius 1 is 0.906 bits per heavy atom. The van der Waals surface area contributed by atoms with Crippen LogP contribution < -0.4 is 14.2 Å². The molecule has 7 heteroatoms. The molecular weight excluding hydrogens is 490 g/mol. The number of ether oxygens (including phenoxy) is 3. The minimum Gasteiger partial charge on any atom is -0.493 e. The number of hydrogen-bond acceptors (Lipinski definition) is 5. The molecule has 0 atom stereocenters. The minimum absolute atomic E-state index is 0.171. The van der Waals surface area contributed by atoms with Crippen molar-refractivity contribution < 1.29 is 19.0 Å². The third-order valence-corrected chi connectivity index (χ3v) is 6.82. The van der Waals surface area contributed by atoms with Crippen LogP contribution in [0.2, 0.25) is 0 Å². The van der Waals surface area contributed by atoms with Crippen molar-refractivity contribution in [2.45, 2.75) is 15.1 Å². The van der Waals surface area contributed by atoms with Gasteiger partial charge in [0.2, 0.25) is 5.75 Å². The van der Waals surface area contributed by atoms with Gasteiger partial charge in [0.15, 0.2) is 11.5 Å². The fraction of sp³-hybridized carbons (Fsp3) is 0.160. The van der Waals surface area contributed by atoms with Crippen molar-refractivity contribution >= 4 is 44.5 Å². The zero-order valence-corrected chi connectivity index (χ0v) is 20.3. The molecule has 0 radical (unpaired) electrons. The molecule has 0 fully saturated rings. The standard InChI is InChI=1S/C25H22BrNO4S/c1-29-21-13-16(14-22(30-2)23(21)31-3)25(28)27-19-12-8-7-11-18(19)24(20(27)15-26)32-17-9-5-4-6-10-17/h4-14H,15H2,1-3H3. The van der Waals surface area contributed by atoms with Gasteiger partial charge in [0.05, 0.1) is 32.5 Å². The second-order valence-corrected chi connectivity index (χ2v) is 8.54. The Morgan fingerprint density at radius 2 is 1.53 bits per heavy atom. The third-order valence-electron chi connectivity index (χ3n) is 5.13. The molecule has 0 aliphatic heterocycles. The first-order valence-corrected chi connectivity index (χ1v) is 11.8. The Bertz CT molecular complexity index is 1240. The van der Waals surface area contributed by atoms with Crippen LogP contribution in [0.1, 0.15) is 16.1 Å². The van der Waals surface area contributed by atoms with Crippen LogP contribution in [0.25, 0.3) is 10.9 Å². The largest absolute Gasteiger partial charge is 0.493 e. The van der Waals surface area contributed by atoms with Crippen LogP contribution in [0.5, 0.6) is 17.2 Å². The normalized spacial score (nSPS) is 10.9. The number of nitrogens with zero attached hydrogens (tertiary/aromatic N) is 1. The smallest absolute Gasteiger partial charge is 0.262 e. The maximum Gasteiger partial charge on any atom is 0.262 e. The molecule has 0 bridgehead atoms. The molecule has 3 aromatic carbocycles. The number of carbonyl (C=O) groups excluding carboxylic acids is 1. The van der Waals surface area contributed by atoms with Crippen molar-refractivity contribution in [1.82, 2.24) is 4.57 Å². The summed E-state index contributed by atoms with van der Waals surface area (Å²) in [5.74, 6) is 1.15. The second-order valence-electron chi connectivity index (χ2n) is 6.90. The van der Waals surface area contributed by atoms with Crippen LogP contribution in [0.15, 0.2) is 76.5 Å². The van der Waals surface area contributed by atoms with Crippen LogP contribution in [-0.4, -0.2) is 31.8 Å². The van der Waals surface area contributed by atoms with E-state index in [2.05, 4.69) is 28.1 Å². The second kappa shape index (κ2) is 9.71. The van der Waals surface area contributed by atoms with Gasteiger partial charge in [-0.2, -0.15) is 0 Å². The van der Waals surface area contributed by atoms with E-state index in [4.69, 9.17) is 14.2 Å². The summed E-state index contributed by atoms with van der Waals surface area (Å²) in [5, 5.41) is 1.55. The summed E-state index contributed by atoms with van der Waals surface area (Å²) in [6.07, 6.45) is 0. The average Bonchev–Trinajstić information content (AvgIpc) is 3.16. The van der Waals surface area contributed by atoms with Crippen LogP contribution in [0.3, 0.4) is 0 Å². The lowest BCUT2D eigenvalue weighted by molar-refractivity contribution is 0.0961. The maximum absolute atomic E-state index is 13.8. The van der Waals surface area contributed by atoms with Crippen LogP contribution >= 0.6 is 27.7 Å². The molecule has 0 spiro atoms. The molecule has 0 saturated carbocycles. The summed E-state index contributed by atoms with van der Waals surface area (Å²) in [4.78, 5) is 16.0. The predicted octanol–water partition coefficient (Wildman–Crippen LogP) is 6.40. The molecule has 164 valence electrons. The Balaban J connectivity index is 1.91. The van der Waals surface area contributed by atoms with Gasteiger partial charge in [-0.05, 0) is 30.3 Å². The lowest BCUT2D eigenvalue weighted by atomic mass is 10.1. The molecule has 0 unspecified atom stereocenters. The number of hydrogen-bond donors (Lipinski definition) is 0. The van der Waals surface area contributed by atoms with E-state index < -0.39 is 0 Å². The first kappa shape index (κ1) is 22.3. The highest BCUT2D eigenvalue weighted by atomic mass is 79.9. The zero-order valence-electron chi connectivity index (χ0n) is 17.9. The number of carbonyl (C=O) groups is 1. The highest BCUT2D eigenvalue weighted by molar-refractivity contribution is 9.08. The summed E-state index contributed by atoms with van der Waals surface area (Å²) < 4.78 is 18.1. The lowest BCUT2D eigenvalue weighted by Crippen LogP contribution is -2.15. The number of para-hydroxylation sites is 1. The number of alkyl halides is 1. The molecule has 32 heavy (non-hydrogen) atoms. The Labute approximate surface area is 199 Å². The Hall–Kier alpha value is -2.90. The van der Waals surface area contributed by atoms with E-state index in [1.807, 2.05) is 42.5 Å². The summed E-state index contributed by atoms with van der Waals surface area (Å²) in [7, 11) is 4.61. The highest BCUT2D eigenvalue weighted by Crippen LogP contribution is 2.42. The van der Waals surface area contributed by atoms with E-state index in [1.54, 1.807) is 28.5 Å². The van der Waals surface area contributed by atoms with Crippen LogP contribution in [0.4, 0.5) is 0 Å². The summed E-state index contributed by atoms with van der Waals surface area (Å²) in [5.41, 5.74) is 2.18. The number of fused-ring (bicyclic) bond motifs is 1. The summed E-state index contributed by atoms with van der Waals surface area (Å²) >= 11 is 5.27. The van der Waals surface area contributed by atoms with Gasteiger partial charge in [-0.3, -0.25) is 9.36 Å². The molecule has 5 nitrogen and oxygen atoms in total. The van der Waals surface area contributed by atoms with Gasteiger partial charge in [-0.15, -0.1) is 0 Å². The Kier molecular flexibility index (Phi) is 6.77. The molecule has 0 saturated heterocycles.